The van der Waals surface area contributed by atoms with E-state index in [1.165, 1.54) is 0 Å². The fourth-order valence-electron chi connectivity index (χ4n) is 5.44. The highest BCUT2D eigenvalue weighted by Gasteiger charge is 2.34. The third kappa shape index (κ3) is 3.88. The average molecular weight is 586 g/mol. The molecule has 1 N–H and O–H groups in total. The molecule has 0 saturated heterocycles. The largest absolute Gasteiger partial charge is 0.462 e. The van der Waals surface area contributed by atoms with Crippen molar-refractivity contribution in [3.8, 4) is 21.8 Å². The minimum absolute atomic E-state index is 0.263. The maximum absolute atomic E-state index is 13.4. The lowest BCUT2D eigenvalue weighted by molar-refractivity contribution is 0.0526. The number of hydrogen-bond donors (Lipinski definition) is 1. The maximum Gasteiger partial charge on any atom is 0.340 e. The highest BCUT2D eigenvalue weighted by molar-refractivity contribution is 7.22. The molecule has 0 amide bonds. The number of imidazole rings is 1. The molecule has 6 nitrogen and oxygen atoms in total. The van der Waals surface area contributed by atoms with Crippen molar-refractivity contribution >= 4 is 67.4 Å². The molecule has 0 spiro atoms. The molecule has 7 rings (SSSR count). The van der Waals surface area contributed by atoms with Gasteiger partial charge in [-0.3, -0.25) is 4.57 Å². The molecule has 9 heteroatoms. The second-order valence-electron chi connectivity index (χ2n) is 9.55. The van der Waals surface area contributed by atoms with E-state index in [1.807, 2.05) is 73.7 Å². The summed E-state index contributed by atoms with van der Waals surface area (Å²) < 4.78 is 7.73. The van der Waals surface area contributed by atoms with Crippen LogP contribution in [0.15, 0.2) is 72.8 Å². The van der Waals surface area contributed by atoms with Gasteiger partial charge in [0, 0.05) is 21.0 Å². The zero-order chi connectivity index (χ0) is 27.5. The monoisotopic (exact) mass is 584 g/mol. The molecule has 0 fully saturated rings. The van der Waals surface area contributed by atoms with Gasteiger partial charge in [0.15, 0.2) is 5.82 Å². The molecule has 1 atom stereocenters. The summed E-state index contributed by atoms with van der Waals surface area (Å²) in [6, 6.07) is 23.4. The Kier molecular flexibility index (Phi) is 6.04. The number of para-hydroxylation sites is 2. The predicted octanol–water partition coefficient (Wildman–Crippen LogP) is 8.74. The molecule has 6 aromatic rings. The number of aromatic nitrogens is 3. The molecule has 198 valence electrons. The molecule has 1 unspecified atom stereocenters. The smallest absolute Gasteiger partial charge is 0.340 e. The highest BCUT2D eigenvalue weighted by atomic mass is 35.5. The number of hydrogen-bond acceptors (Lipinski definition) is 6. The number of pyridine rings is 1. The highest BCUT2D eigenvalue weighted by Crippen LogP contribution is 2.52. The molecular formula is C31H22Cl2N4O2S. The van der Waals surface area contributed by atoms with E-state index in [0.717, 1.165) is 54.3 Å². The van der Waals surface area contributed by atoms with Crippen LogP contribution in [0.3, 0.4) is 0 Å². The second-order valence-corrected chi connectivity index (χ2v) is 11.4. The Labute approximate surface area is 244 Å². The fourth-order valence-corrected chi connectivity index (χ4v) is 6.87. The molecule has 4 heterocycles. The first kappa shape index (κ1) is 25.1. The van der Waals surface area contributed by atoms with E-state index in [4.69, 9.17) is 37.9 Å². The van der Waals surface area contributed by atoms with Crippen molar-refractivity contribution in [1.82, 2.24) is 14.5 Å². The van der Waals surface area contributed by atoms with Crippen molar-refractivity contribution in [1.29, 1.82) is 0 Å². The Morgan fingerprint density at radius 1 is 1.00 bits per heavy atom. The van der Waals surface area contributed by atoms with Gasteiger partial charge in [0.1, 0.15) is 11.0 Å². The lowest BCUT2D eigenvalue weighted by Crippen LogP contribution is -2.24. The van der Waals surface area contributed by atoms with E-state index in [-0.39, 0.29) is 12.8 Å². The van der Waals surface area contributed by atoms with Crippen molar-refractivity contribution in [2.75, 3.05) is 11.9 Å². The summed E-state index contributed by atoms with van der Waals surface area (Å²) in [5, 5.41) is 5.94. The van der Waals surface area contributed by atoms with E-state index in [9.17, 15) is 4.79 Å². The molecule has 0 aliphatic carbocycles. The van der Waals surface area contributed by atoms with Crippen molar-refractivity contribution in [3.63, 3.8) is 0 Å². The summed E-state index contributed by atoms with van der Waals surface area (Å²) in [6.07, 6.45) is -0.268. The summed E-state index contributed by atoms with van der Waals surface area (Å²) in [6.45, 7) is 3.92. The number of aryl methyl sites for hydroxylation is 1. The van der Waals surface area contributed by atoms with Gasteiger partial charge >= 0.3 is 5.97 Å². The lowest BCUT2D eigenvalue weighted by atomic mass is 9.94. The summed E-state index contributed by atoms with van der Waals surface area (Å²) in [4.78, 5) is 25.1. The van der Waals surface area contributed by atoms with Gasteiger partial charge < -0.3 is 10.1 Å². The van der Waals surface area contributed by atoms with E-state index in [0.29, 0.717) is 21.3 Å². The molecular weight excluding hydrogens is 563 g/mol. The van der Waals surface area contributed by atoms with Gasteiger partial charge in [0.25, 0.3) is 0 Å². The number of nitrogens with one attached hydrogen (secondary N) is 1. The van der Waals surface area contributed by atoms with Gasteiger partial charge in [-0.05, 0) is 61.4 Å². The molecule has 3 aromatic heterocycles. The molecule has 0 saturated carbocycles. The fraction of sp³-hybridized carbons (Fsp3) is 0.129. The Hall–Kier alpha value is -3.91. The van der Waals surface area contributed by atoms with Crippen molar-refractivity contribution in [2.24, 2.45) is 0 Å². The van der Waals surface area contributed by atoms with Crippen LogP contribution in [0.2, 0.25) is 10.0 Å². The number of carbonyl (C=O) groups is 1. The Morgan fingerprint density at radius 3 is 2.42 bits per heavy atom. The van der Waals surface area contributed by atoms with Crippen LogP contribution >= 0.6 is 34.5 Å². The summed E-state index contributed by atoms with van der Waals surface area (Å²) in [5.74, 6) is 0.437. The summed E-state index contributed by atoms with van der Waals surface area (Å²) in [7, 11) is 0. The van der Waals surface area contributed by atoms with Gasteiger partial charge in [-0.25, -0.2) is 14.8 Å². The predicted molar refractivity (Wildman–Crippen MR) is 163 cm³/mol. The maximum atomic E-state index is 13.4. The number of nitrogens with zero attached hydrogens (tertiary/aromatic N) is 3. The minimum Gasteiger partial charge on any atom is -0.462 e. The lowest BCUT2D eigenvalue weighted by Gasteiger charge is -2.29. The van der Waals surface area contributed by atoms with Crippen LogP contribution in [-0.2, 0) is 4.74 Å². The summed E-state index contributed by atoms with van der Waals surface area (Å²) >= 11 is 14.1. The zero-order valence-electron chi connectivity index (χ0n) is 21.5. The van der Waals surface area contributed by atoms with Crippen molar-refractivity contribution in [2.45, 2.75) is 20.0 Å². The SMILES string of the molecule is CCOC(=O)c1c(C)nc2sc3c(c2c1-c1ccc(Cl)cc1)NC(c1ccc(Cl)cc1)n1c-3nc2ccccc21. The quantitative estimate of drug-likeness (QED) is 0.210. The van der Waals surface area contributed by atoms with Crippen LogP contribution in [-0.4, -0.2) is 27.1 Å². The van der Waals surface area contributed by atoms with Gasteiger partial charge in [-0.1, -0.05) is 59.6 Å². The molecule has 1 aliphatic rings. The van der Waals surface area contributed by atoms with E-state index in [1.54, 1.807) is 18.3 Å². The van der Waals surface area contributed by atoms with Gasteiger partial charge in [0.2, 0.25) is 0 Å². The molecule has 1 aliphatic heterocycles. The van der Waals surface area contributed by atoms with Gasteiger partial charge in [-0.2, -0.15) is 0 Å². The van der Waals surface area contributed by atoms with E-state index in [2.05, 4.69) is 16.0 Å². The van der Waals surface area contributed by atoms with E-state index >= 15 is 0 Å². The Balaban J connectivity index is 1.58. The van der Waals surface area contributed by atoms with Gasteiger partial charge in [-0.15, -0.1) is 11.3 Å². The van der Waals surface area contributed by atoms with Crippen molar-refractivity contribution in [3.05, 3.63) is 99.7 Å². The van der Waals surface area contributed by atoms with Crippen LogP contribution < -0.4 is 5.32 Å². The van der Waals surface area contributed by atoms with Crippen LogP contribution in [0.1, 0.15) is 34.7 Å². The molecule has 3 aromatic carbocycles. The molecule has 0 bridgehead atoms. The molecule has 40 heavy (non-hydrogen) atoms. The first-order chi connectivity index (χ1) is 19.4. The zero-order valence-corrected chi connectivity index (χ0v) is 23.9. The molecule has 0 radical (unpaired) electrons. The number of rotatable bonds is 4. The number of esters is 1. The average Bonchev–Trinajstić information content (AvgIpc) is 3.51. The number of carbonyl (C=O) groups excluding carboxylic acids is 1. The number of benzene rings is 3. The van der Waals surface area contributed by atoms with Crippen LogP contribution in [0.4, 0.5) is 5.69 Å². The Morgan fingerprint density at radius 2 is 1.70 bits per heavy atom. The number of thiophene rings is 1. The number of halogens is 2. The number of ether oxygens (including phenoxy) is 1. The van der Waals surface area contributed by atoms with Crippen LogP contribution in [0, 0.1) is 6.92 Å². The first-order valence-electron chi connectivity index (χ1n) is 12.8. The normalized spacial score (nSPS) is 14.2. The Bertz CT molecular complexity index is 1950. The van der Waals surface area contributed by atoms with Crippen molar-refractivity contribution < 1.29 is 9.53 Å². The van der Waals surface area contributed by atoms with Crippen LogP contribution in [0.25, 0.3) is 43.1 Å². The number of fused-ring (bicyclic) bond motifs is 7. The summed E-state index contributed by atoms with van der Waals surface area (Å²) in [5.41, 5.74) is 6.50. The minimum atomic E-state index is -0.406. The third-order valence-corrected chi connectivity index (χ3v) is 8.74. The number of anilines is 1. The topological polar surface area (TPSA) is 69.0 Å². The van der Waals surface area contributed by atoms with E-state index < -0.39 is 5.97 Å². The van der Waals surface area contributed by atoms with Gasteiger partial charge in [0.05, 0.1) is 39.5 Å². The van der Waals surface area contributed by atoms with Crippen LogP contribution in [0.5, 0.6) is 0 Å². The standard InChI is InChI=1S/C31H22Cl2N4O2S/c1-3-39-31(38)23-16(2)34-30-25(24(23)17-8-12-19(32)13-9-17)26-27(40-30)29-35-21-6-4-5-7-22(21)37(29)28(36-26)18-10-14-20(33)15-11-18/h4-15,28,36H,3H2,1-2H3. The second kappa shape index (κ2) is 9.63. The third-order valence-electron chi connectivity index (χ3n) is 7.16. The first-order valence-corrected chi connectivity index (χ1v) is 14.4.